The molecular formula is C11H16FN3O. The minimum absolute atomic E-state index is 0.222. The van der Waals surface area contributed by atoms with E-state index in [0.717, 1.165) is 0 Å². The molecule has 4 nitrogen and oxygen atoms in total. The highest BCUT2D eigenvalue weighted by molar-refractivity contribution is 5.75. The maximum absolute atomic E-state index is 13.3. The number of nitrogens with zero attached hydrogens (tertiary/aromatic N) is 1. The van der Waals surface area contributed by atoms with E-state index in [-0.39, 0.29) is 11.7 Å². The summed E-state index contributed by atoms with van der Waals surface area (Å²) in [6, 6.07) is 6.60. The Kier molecular flexibility index (Phi) is 4.88. The van der Waals surface area contributed by atoms with E-state index in [1.54, 1.807) is 18.2 Å². The first-order valence-corrected chi connectivity index (χ1v) is 5.05. The first-order chi connectivity index (χ1) is 7.63. The first-order valence-electron chi connectivity index (χ1n) is 5.05. The van der Waals surface area contributed by atoms with E-state index in [9.17, 15) is 9.18 Å². The average molecular weight is 225 g/mol. The zero-order chi connectivity index (χ0) is 12.0. The fourth-order valence-corrected chi connectivity index (χ4v) is 1.36. The Hall–Kier alpha value is -1.46. The van der Waals surface area contributed by atoms with Crippen LogP contribution in [0.3, 0.4) is 0 Å². The second-order valence-corrected chi connectivity index (χ2v) is 3.65. The molecule has 0 aliphatic carbocycles. The number of rotatable bonds is 5. The van der Waals surface area contributed by atoms with Crippen molar-refractivity contribution in [1.82, 2.24) is 10.3 Å². The van der Waals surface area contributed by atoms with Crippen LogP contribution in [-0.2, 0) is 11.3 Å². The third kappa shape index (κ3) is 3.96. The van der Waals surface area contributed by atoms with E-state index < -0.39 is 0 Å². The Morgan fingerprint density at radius 1 is 1.50 bits per heavy atom. The van der Waals surface area contributed by atoms with Crippen molar-refractivity contribution in [3.05, 3.63) is 35.6 Å². The number of hydrogen-bond donors (Lipinski definition) is 2. The summed E-state index contributed by atoms with van der Waals surface area (Å²) in [6.45, 7) is 1.02. The summed E-state index contributed by atoms with van der Waals surface area (Å²) in [7, 11) is 1.83. The predicted octanol–water partition coefficient (Wildman–Crippen LogP) is 0.638. The summed E-state index contributed by atoms with van der Waals surface area (Å²) in [5.74, 6) is 4.51. The van der Waals surface area contributed by atoms with Crippen LogP contribution in [-0.4, -0.2) is 24.4 Å². The smallest absolute Gasteiger partial charge is 0.235 e. The molecule has 1 amide bonds. The molecule has 0 aromatic heterocycles. The molecule has 0 aliphatic heterocycles. The van der Waals surface area contributed by atoms with Crippen LogP contribution in [0.15, 0.2) is 24.3 Å². The van der Waals surface area contributed by atoms with Crippen molar-refractivity contribution in [3.8, 4) is 0 Å². The Morgan fingerprint density at radius 2 is 2.19 bits per heavy atom. The average Bonchev–Trinajstić information content (AvgIpc) is 2.29. The normalized spacial score (nSPS) is 10.5. The molecule has 3 N–H and O–H groups in total. The quantitative estimate of drug-likeness (QED) is 0.439. The number of hydrogen-bond acceptors (Lipinski definition) is 3. The third-order valence-corrected chi connectivity index (χ3v) is 2.28. The lowest BCUT2D eigenvalue weighted by atomic mass is 10.2. The minimum Gasteiger partial charge on any atom is -0.301 e. The minimum atomic E-state index is -0.224. The Morgan fingerprint density at radius 3 is 2.81 bits per heavy atom. The van der Waals surface area contributed by atoms with E-state index in [1.165, 1.54) is 6.07 Å². The van der Waals surface area contributed by atoms with Gasteiger partial charge in [0.1, 0.15) is 5.82 Å². The Balaban J connectivity index is 2.43. The van der Waals surface area contributed by atoms with Gasteiger partial charge in [-0.1, -0.05) is 18.2 Å². The van der Waals surface area contributed by atoms with E-state index in [2.05, 4.69) is 5.43 Å². The molecule has 0 unspecified atom stereocenters. The van der Waals surface area contributed by atoms with Crippen LogP contribution in [0.5, 0.6) is 0 Å². The van der Waals surface area contributed by atoms with Crippen LogP contribution in [0, 0.1) is 5.82 Å². The fourth-order valence-electron chi connectivity index (χ4n) is 1.36. The van der Waals surface area contributed by atoms with E-state index in [1.807, 2.05) is 11.9 Å². The molecule has 1 aromatic carbocycles. The SMILES string of the molecule is CN(CCC(=O)NN)Cc1ccccc1F. The lowest BCUT2D eigenvalue weighted by molar-refractivity contribution is -0.121. The van der Waals surface area contributed by atoms with Crippen LogP contribution < -0.4 is 11.3 Å². The predicted molar refractivity (Wildman–Crippen MR) is 59.7 cm³/mol. The van der Waals surface area contributed by atoms with Crippen molar-refractivity contribution in [2.75, 3.05) is 13.6 Å². The standard InChI is InChI=1S/C11H16FN3O/c1-15(7-6-11(16)14-13)8-9-4-2-3-5-10(9)12/h2-5H,6-8,13H2,1H3,(H,14,16). The number of benzene rings is 1. The zero-order valence-corrected chi connectivity index (χ0v) is 9.24. The van der Waals surface area contributed by atoms with Crippen LogP contribution in [0.25, 0.3) is 0 Å². The topological polar surface area (TPSA) is 58.4 Å². The molecule has 0 radical (unpaired) electrons. The van der Waals surface area contributed by atoms with Gasteiger partial charge in [-0.15, -0.1) is 0 Å². The van der Waals surface area contributed by atoms with Crippen molar-refractivity contribution in [2.24, 2.45) is 5.84 Å². The molecule has 0 fully saturated rings. The largest absolute Gasteiger partial charge is 0.301 e. The van der Waals surface area contributed by atoms with Crippen molar-refractivity contribution in [3.63, 3.8) is 0 Å². The summed E-state index contributed by atoms with van der Waals surface area (Å²) in [5.41, 5.74) is 2.68. The van der Waals surface area contributed by atoms with Crippen molar-refractivity contribution in [2.45, 2.75) is 13.0 Å². The van der Waals surface area contributed by atoms with Crippen LogP contribution in [0.1, 0.15) is 12.0 Å². The Bertz CT molecular complexity index is 357. The molecular weight excluding hydrogens is 209 g/mol. The highest BCUT2D eigenvalue weighted by atomic mass is 19.1. The molecule has 5 heteroatoms. The monoisotopic (exact) mass is 225 g/mol. The molecule has 16 heavy (non-hydrogen) atoms. The highest BCUT2D eigenvalue weighted by Gasteiger charge is 2.06. The van der Waals surface area contributed by atoms with E-state index >= 15 is 0 Å². The van der Waals surface area contributed by atoms with Crippen LogP contribution in [0.2, 0.25) is 0 Å². The number of nitrogens with one attached hydrogen (secondary N) is 1. The molecule has 0 atom stereocenters. The van der Waals surface area contributed by atoms with Gasteiger partial charge in [0, 0.05) is 25.1 Å². The third-order valence-electron chi connectivity index (χ3n) is 2.28. The first kappa shape index (κ1) is 12.6. The fraction of sp³-hybridized carbons (Fsp3) is 0.364. The van der Waals surface area contributed by atoms with Gasteiger partial charge in [-0.25, -0.2) is 10.2 Å². The van der Waals surface area contributed by atoms with Gasteiger partial charge in [-0.05, 0) is 13.1 Å². The van der Waals surface area contributed by atoms with Crippen molar-refractivity contribution < 1.29 is 9.18 Å². The summed E-state index contributed by atoms with van der Waals surface area (Å²) in [6.07, 6.45) is 0.307. The van der Waals surface area contributed by atoms with E-state index in [4.69, 9.17) is 5.84 Å². The number of nitrogens with two attached hydrogens (primary N) is 1. The van der Waals surface area contributed by atoms with Crippen molar-refractivity contribution in [1.29, 1.82) is 0 Å². The number of carbonyl (C=O) groups is 1. The number of halogens is 1. The number of carbonyl (C=O) groups excluding carboxylic acids is 1. The molecule has 0 spiro atoms. The molecule has 0 bridgehead atoms. The summed E-state index contributed by atoms with van der Waals surface area (Å²) in [5, 5.41) is 0. The van der Waals surface area contributed by atoms with Gasteiger partial charge >= 0.3 is 0 Å². The molecule has 88 valence electrons. The summed E-state index contributed by atoms with van der Waals surface area (Å²) < 4.78 is 13.3. The zero-order valence-electron chi connectivity index (χ0n) is 9.24. The van der Waals surface area contributed by atoms with Gasteiger partial charge in [0.25, 0.3) is 0 Å². The van der Waals surface area contributed by atoms with Gasteiger partial charge in [0.15, 0.2) is 0 Å². The maximum Gasteiger partial charge on any atom is 0.235 e. The second-order valence-electron chi connectivity index (χ2n) is 3.65. The summed E-state index contributed by atoms with van der Waals surface area (Å²) >= 11 is 0. The highest BCUT2D eigenvalue weighted by Crippen LogP contribution is 2.08. The van der Waals surface area contributed by atoms with Crippen LogP contribution in [0.4, 0.5) is 4.39 Å². The van der Waals surface area contributed by atoms with Gasteiger partial charge < -0.3 is 4.90 Å². The molecule has 0 saturated carbocycles. The maximum atomic E-state index is 13.3. The summed E-state index contributed by atoms with van der Waals surface area (Å²) in [4.78, 5) is 12.8. The molecule has 1 aromatic rings. The van der Waals surface area contributed by atoms with Gasteiger partial charge in [0.05, 0.1) is 0 Å². The second kappa shape index (κ2) is 6.19. The van der Waals surface area contributed by atoms with Crippen LogP contribution >= 0.6 is 0 Å². The number of amides is 1. The van der Waals surface area contributed by atoms with Gasteiger partial charge in [0.2, 0.25) is 5.91 Å². The molecule has 0 aliphatic rings. The van der Waals surface area contributed by atoms with Gasteiger partial charge in [-0.2, -0.15) is 0 Å². The molecule has 0 heterocycles. The number of hydrazine groups is 1. The van der Waals surface area contributed by atoms with Gasteiger partial charge in [-0.3, -0.25) is 10.2 Å². The lowest BCUT2D eigenvalue weighted by Crippen LogP contribution is -2.33. The van der Waals surface area contributed by atoms with E-state index in [0.29, 0.717) is 25.1 Å². The molecule has 1 rings (SSSR count). The van der Waals surface area contributed by atoms with Crippen molar-refractivity contribution >= 4 is 5.91 Å². The lowest BCUT2D eigenvalue weighted by Gasteiger charge is -2.16. The molecule has 0 saturated heterocycles. The Labute approximate surface area is 94.2 Å².